The van der Waals surface area contributed by atoms with Crippen LogP contribution >= 0.6 is 15.9 Å². The van der Waals surface area contributed by atoms with Gasteiger partial charge in [-0.2, -0.15) is 0 Å². The van der Waals surface area contributed by atoms with E-state index in [1.165, 1.54) is 0 Å². The van der Waals surface area contributed by atoms with Crippen LogP contribution in [-0.2, 0) is 0 Å². The van der Waals surface area contributed by atoms with Crippen molar-refractivity contribution < 1.29 is 4.74 Å². The molecule has 0 saturated heterocycles. The molecule has 0 atom stereocenters. The van der Waals surface area contributed by atoms with E-state index in [2.05, 4.69) is 30.9 Å². The molecule has 4 nitrogen and oxygen atoms in total. The molecule has 0 bridgehead atoms. The number of halogens is 1. The van der Waals surface area contributed by atoms with E-state index < -0.39 is 0 Å². The lowest BCUT2D eigenvalue weighted by Crippen LogP contribution is -1.90. The van der Waals surface area contributed by atoms with Crippen molar-refractivity contribution in [3.05, 3.63) is 53.5 Å². The Kier molecular flexibility index (Phi) is 2.90. The van der Waals surface area contributed by atoms with E-state index in [4.69, 9.17) is 4.74 Å². The van der Waals surface area contributed by atoms with Crippen LogP contribution in [0.4, 0.5) is 0 Å². The highest BCUT2D eigenvalue weighted by molar-refractivity contribution is 9.10. The van der Waals surface area contributed by atoms with E-state index >= 15 is 0 Å². The zero-order valence-electron chi connectivity index (χ0n) is 9.25. The Bertz CT molecular complexity index is 688. The van der Waals surface area contributed by atoms with E-state index in [9.17, 15) is 0 Å². The van der Waals surface area contributed by atoms with Gasteiger partial charge in [-0.25, -0.2) is 4.98 Å². The number of nitrogens with zero attached hydrogens (tertiary/aromatic N) is 3. The van der Waals surface area contributed by atoms with Crippen molar-refractivity contribution in [3.63, 3.8) is 0 Å². The van der Waals surface area contributed by atoms with Crippen LogP contribution < -0.4 is 4.74 Å². The zero-order chi connectivity index (χ0) is 12.4. The van der Waals surface area contributed by atoms with Gasteiger partial charge in [0, 0.05) is 29.1 Å². The third-order valence-corrected chi connectivity index (χ3v) is 2.80. The predicted molar refractivity (Wildman–Crippen MR) is 71.5 cm³/mol. The highest BCUT2D eigenvalue weighted by Gasteiger charge is 2.06. The summed E-state index contributed by atoms with van der Waals surface area (Å²) in [6.07, 6.45) is 6.78. The third kappa shape index (κ3) is 2.17. The summed E-state index contributed by atoms with van der Waals surface area (Å²) >= 11 is 3.37. The molecule has 5 heteroatoms. The first-order valence-electron chi connectivity index (χ1n) is 5.31. The van der Waals surface area contributed by atoms with E-state index in [-0.39, 0.29) is 0 Å². The van der Waals surface area contributed by atoms with Crippen molar-refractivity contribution in [1.29, 1.82) is 0 Å². The Balaban J connectivity index is 2.07. The third-order valence-electron chi connectivity index (χ3n) is 2.37. The van der Waals surface area contributed by atoms with Gasteiger partial charge in [0.2, 0.25) is 0 Å². The van der Waals surface area contributed by atoms with E-state index in [1.54, 1.807) is 30.9 Å². The van der Waals surface area contributed by atoms with Crippen LogP contribution in [0.25, 0.3) is 11.0 Å². The first kappa shape index (κ1) is 11.1. The van der Waals surface area contributed by atoms with Gasteiger partial charge in [0.25, 0.3) is 0 Å². The Hall–Kier alpha value is -2.01. The minimum atomic E-state index is 0.667. The van der Waals surface area contributed by atoms with Crippen LogP contribution in [0.5, 0.6) is 11.5 Å². The second kappa shape index (κ2) is 4.70. The highest BCUT2D eigenvalue weighted by Crippen LogP contribution is 2.27. The van der Waals surface area contributed by atoms with Gasteiger partial charge >= 0.3 is 0 Å². The number of ether oxygens (including phenoxy) is 1. The Morgan fingerprint density at radius 1 is 1.06 bits per heavy atom. The normalized spacial score (nSPS) is 10.5. The largest absolute Gasteiger partial charge is 0.453 e. The standard InChI is InChI=1S/C13H8BrN3O/c14-9-6-11-13(17-7-9)12(3-5-16-11)18-10-2-1-4-15-8-10/h1-8H. The molecule has 0 aliphatic rings. The van der Waals surface area contributed by atoms with E-state index in [1.807, 2.05) is 18.2 Å². The van der Waals surface area contributed by atoms with Crippen LogP contribution in [-0.4, -0.2) is 15.0 Å². The van der Waals surface area contributed by atoms with E-state index in [0.717, 1.165) is 15.5 Å². The minimum absolute atomic E-state index is 0.667. The van der Waals surface area contributed by atoms with Gasteiger partial charge in [-0.15, -0.1) is 0 Å². The van der Waals surface area contributed by atoms with Gasteiger partial charge in [0.15, 0.2) is 5.75 Å². The molecule has 0 fully saturated rings. The Morgan fingerprint density at radius 3 is 2.83 bits per heavy atom. The molecule has 0 aromatic carbocycles. The number of rotatable bonds is 2. The fourth-order valence-electron chi connectivity index (χ4n) is 1.60. The summed E-state index contributed by atoms with van der Waals surface area (Å²) in [4.78, 5) is 12.6. The average molecular weight is 302 g/mol. The maximum Gasteiger partial charge on any atom is 0.156 e. The molecule has 18 heavy (non-hydrogen) atoms. The summed E-state index contributed by atoms with van der Waals surface area (Å²) < 4.78 is 6.64. The number of hydrogen-bond acceptors (Lipinski definition) is 4. The van der Waals surface area contributed by atoms with Crippen molar-refractivity contribution in [3.8, 4) is 11.5 Å². The lowest BCUT2D eigenvalue weighted by atomic mass is 10.3. The van der Waals surface area contributed by atoms with E-state index in [0.29, 0.717) is 11.5 Å². The molecule has 0 aliphatic carbocycles. The van der Waals surface area contributed by atoms with Gasteiger partial charge in [-0.3, -0.25) is 9.97 Å². The Morgan fingerprint density at radius 2 is 2.00 bits per heavy atom. The first-order chi connectivity index (χ1) is 8.83. The Labute approximate surface area is 112 Å². The molecule has 0 amide bonds. The summed E-state index contributed by atoms with van der Waals surface area (Å²) in [7, 11) is 0. The summed E-state index contributed by atoms with van der Waals surface area (Å²) in [5.41, 5.74) is 1.51. The van der Waals surface area contributed by atoms with Gasteiger partial charge in [-0.05, 0) is 34.1 Å². The number of aromatic nitrogens is 3. The van der Waals surface area contributed by atoms with Gasteiger partial charge in [0.1, 0.15) is 11.3 Å². The molecule has 0 radical (unpaired) electrons. The molecule has 0 saturated carbocycles. The molecular weight excluding hydrogens is 294 g/mol. The van der Waals surface area contributed by atoms with Crippen molar-refractivity contribution in [2.75, 3.05) is 0 Å². The van der Waals surface area contributed by atoms with Gasteiger partial charge in [-0.1, -0.05) is 0 Å². The molecule has 3 aromatic rings. The maximum absolute atomic E-state index is 5.75. The summed E-state index contributed by atoms with van der Waals surface area (Å²) in [6, 6.07) is 7.36. The highest BCUT2D eigenvalue weighted by atomic mass is 79.9. The van der Waals surface area contributed by atoms with Crippen LogP contribution in [0.3, 0.4) is 0 Å². The van der Waals surface area contributed by atoms with Crippen LogP contribution in [0.15, 0.2) is 53.5 Å². The molecule has 0 aliphatic heterocycles. The lowest BCUT2D eigenvalue weighted by molar-refractivity contribution is 0.484. The lowest BCUT2D eigenvalue weighted by Gasteiger charge is -2.07. The molecule has 88 valence electrons. The van der Waals surface area contributed by atoms with Crippen LogP contribution in [0.1, 0.15) is 0 Å². The molecular formula is C13H8BrN3O. The molecule has 3 rings (SSSR count). The molecule has 0 spiro atoms. The monoisotopic (exact) mass is 301 g/mol. The second-order valence-electron chi connectivity index (χ2n) is 3.62. The topological polar surface area (TPSA) is 47.9 Å². The molecule has 3 heterocycles. The fraction of sp³-hybridized carbons (Fsp3) is 0. The molecule has 3 aromatic heterocycles. The van der Waals surface area contributed by atoms with Crippen molar-refractivity contribution in [1.82, 2.24) is 15.0 Å². The second-order valence-corrected chi connectivity index (χ2v) is 4.54. The summed E-state index contributed by atoms with van der Waals surface area (Å²) in [5, 5.41) is 0. The molecule has 0 unspecified atom stereocenters. The first-order valence-corrected chi connectivity index (χ1v) is 6.10. The predicted octanol–water partition coefficient (Wildman–Crippen LogP) is 3.58. The number of fused-ring (bicyclic) bond motifs is 1. The SMILES string of the molecule is Brc1cnc2c(Oc3cccnc3)ccnc2c1. The minimum Gasteiger partial charge on any atom is -0.453 e. The van der Waals surface area contributed by atoms with Crippen molar-refractivity contribution >= 4 is 27.0 Å². The fourth-order valence-corrected chi connectivity index (χ4v) is 1.92. The van der Waals surface area contributed by atoms with Crippen molar-refractivity contribution in [2.45, 2.75) is 0 Å². The quantitative estimate of drug-likeness (QED) is 0.726. The van der Waals surface area contributed by atoms with Gasteiger partial charge in [0.05, 0.1) is 11.7 Å². The zero-order valence-corrected chi connectivity index (χ0v) is 10.8. The summed E-state index contributed by atoms with van der Waals surface area (Å²) in [6.45, 7) is 0. The number of hydrogen-bond donors (Lipinski definition) is 0. The number of pyridine rings is 3. The van der Waals surface area contributed by atoms with Crippen LogP contribution in [0.2, 0.25) is 0 Å². The maximum atomic E-state index is 5.75. The average Bonchev–Trinajstić information content (AvgIpc) is 2.40. The summed E-state index contributed by atoms with van der Waals surface area (Å²) in [5.74, 6) is 1.34. The van der Waals surface area contributed by atoms with Gasteiger partial charge < -0.3 is 4.74 Å². The van der Waals surface area contributed by atoms with Crippen LogP contribution in [0, 0.1) is 0 Å². The van der Waals surface area contributed by atoms with Crippen molar-refractivity contribution in [2.24, 2.45) is 0 Å². The molecule has 0 N–H and O–H groups in total. The smallest absolute Gasteiger partial charge is 0.156 e.